The molecule has 1 aliphatic heterocycles. The normalized spacial score (nSPS) is 16.5. The first kappa shape index (κ1) is 20.6. The van der Waals surface area contributed by atoms with Gasteiger partial charge >= 0.3 is 5.97 Å². The molecular formula is C21H18F2N2O3S. The number of allylic oxidation sites excluding steroid dienone is 1. The molecule has 0 unspecified atom stereocenters. The van der Waals surface area contributed by atoms with Crippen molar-refractivity contribution in [3.8, 4) is 0 Å². The van der Waals surface area contributed by atoms with E-state index in [4.69, 9.17) is 12.2 Å². The number of methoxy groups -OCH3 is 1. The topological polar surface area (TPSA) is 58.6 Å². The number of hydrogen-bond acceptors (Lipinski definition) is 4. The number of nitrogens with one attached hydrogen (secondary N) is 1. The molecule has 0 spiro atoms. The molecular weight excluding hydrogens is 398 g/mol. The van der Waals surface area contributed by atoms with Gasteiger partial charge in [0.1, 0.15) is 11.6 Å². The van der Waals surface area contributed by atoms with Crippen LogP contribution in [0.25, 0.3) is 0 Å². The number of carbonyl (C=O) groups excluding carboxylic acids is 2. The average molecular weight is 416 g/mol. The number of ketones is 1. The van der Waals surface area contributed by atoms with Crippen LogP contribution in [0.3, 0.4) is 0 Å². The molecule has 0 aromatic heterocycles. The molecule has 1 heterocycles. The smallest absolute Gasteiger partial charge is 0.379 e. The van der Waals surface area contributed by atoms with Crippen molar-refractivity contribution in [1.29, 1.82) is 0 Å². The maximum absolute atomic E-state index is 14.5. The molecule has 0 saturated heterocycles. The molecule has 8 heteroatoms. The van der Waals surface area contributed by atoms with E-state index in [0.29, 0.717) is 17.5 Å². The number of aryl methyl sites for hydroxylation is 1. The van der Waals surface area contributed by atoms with Gasteiger partial charge in [-0.3, -0.25) is 9.69 Å². The van der Waals surface area contributed by atoms with E-state index < -0.39 is 29.4 Å². The number of ether oxygens (including phenoxy) is 1. The summed E-state index contributed by atoms with van der Waals surface area (Å²) in [6.45, 7) is 3.54. The number of anilines is 1. The van der Waals surface area contributed by atoms with Crippen LogP contribution in [0.4, 0.5) is 14.5 Å². The molecule has 1 N–H and O–H groups in total. The summed E-state index contributed by atoms with van der Waals surface area (Å²) < 4.78 is 32.4. The fourth-order valence-electron chi connectivity index (χ4n) is 3.21. The van der Waals surface area contributed by atoms with Crippen LogP contribution in [-0.4, -0.2) is 24.0 Å². The molecule has 0 amide bonds. The van der Waals surface area contributed by atoms with Gasteiger partial charge in [0, 0.05) is 23.0 Å². The number of benzene rings is 2. The second-order valence-corrected chi connectivity index (χ2v) is 6.93. The minimum absolute atomic E-state index is 0.0103. The largest absolute Gasteiger partial charge is 0.463 e. The lowest BCUT2D eigenvalue weighted by molar-refractivity contribution is -0.150. The lowest BCUT2D eigenvalue weighted by Crippen LogP contribution is -2.49. The third-order valence-electron chi connectivity index (χ3n) is 4.67. The zero-order chi connectivity index (χ0) is 21.3. The highest BCUT2D eigenvalue weighted by atomic mass is 32.1. The van der Waals surface area contributed by atoms with Crippen molar-refractivity contribution in [1.82, 2.24) is 5.32 Å². The predicted molar refractivity (Wildman–Crippen MR) is 108 cm³/mol. The van der Waals surface area contributed by atoms with Crippen molar-refractivity contribution in [3.63, 3.8) is 0 Å². The molecule has 29 heavy (non-hydrogen) atoms. The molecule has 1 atom stereocenters. The predicted octanol–water partition coefficient (Wildman–Crippen LogP) is 3.73. The van der Waals surface area contributed by atoms with Crippen LogP contribution >= 0.6 is 12.2 Å². The van der Waals surface area contributed by atoms with Gasteiger partial charge in [0.15, 0.2) is 5.11 Å². The Balaban J connectivity index is 2.19. The van der Waals surface area contributed by atoms with Crippen molar-refractivity contribution in [2.75, 3.05) is 12.0 Å². The molecule has 1 aliphatic rings. The Kier molecular flexibility index (Phi) is 5.74. The fourth-order valence-corrected chi connectivity index (χ4v) is 3.57. The van der Waals surface area contributed by atoms with Gasteiger partial charge in [-0.2, -0.15) is 0 Å². The van der Waals surface area contributed by atoms with Gasteiger partial charge in [-0.05, 0) is 44.3 Å². The van der Waals surface area contributed by atoms with E-state index in [-0.39, 0.29) is 16.2 Å². The summed E-state index contributed by atoms with van der Waals surface area (Å²) in [4.78, 5) is 26.4. The minimum Gasteiger partial charge on any atom is -0.463 e. The molecule has 0 fully saturated rings. The number of carbonyl (C=O) groups is 2. The number of thiocarbonyl (C=S) groups is 1. The van der Waals surface area contributed by atoms with Crippen LogP contribution in [0.5, 0.6) is 0 Å². The molecule has 0 bridgehead atoms. The van der Waals surface area contributed by atoms with Crippen LogP contribution in [-0.2, 0) is 14.3 Å². The molecule has 5 nitrogen and oxygen atoms in total. The van der Waals surface area contributed by atoms with Crippen LogP contribution < -0.4 is 10.2 Å². The van der Waals surface area contributed by atoms with Gasteiger partial charge in [-0.15, -0.1) is 0 Å². The molecule has 3 rings (SSSR count). The molecule has 2 aromatic rings. The van der Waals surface area contributed by atoms with Gasteiger partial charge in [0.2, 0.25) is 0 Å². The highest BCUT2D eigenvalue weighted by Gasteiger charge is 2.38. The van der Waals surface area contributed by atoms with E-state index in [1.807, 2.05) is 31.2 Å². The quantitative estimate of drug-likeness (QED) is 0.466. The van der Waals surface area contributed by atoms with E-state index in [1.165, 1.54) is 6.07 Å². The van der Waals surface area contributed by atoms with Crippen LogP contribution in [0, 0.1) is 18.6 Å². The fraction of sp³-hybridized carbons (Fsp3) is 0.190. The zero-order valence-electron chi connectivity index (χ0n) is 16.0. The number of hydrogen-bond donors (Lipinski definition) is 1. The molecule has 2 aromatic carbocycles. The van der Waals surface area contributed by atoms with Gasteiger partial charge in [-0.25, -0.2) is 13.6 Å². The third-order valence-corrected chi connectivity index (χ3v) is 4.97. The number of nitrogens with zero attached hydrogens (tertiary/aromatic N) is 1. The van der Waals surface area contributed by atoms with Gasteiger partial charge in [-0.1, -0.05) is 23.8 Å². The van der Waals surface area contributed by atoms with E-state index in [1.54, 1.807) is 11.8 Å². The van der Waals surface area contributed by atoms with Crippen molar-refractivity contribution in [2.24, 2.45) is 0 Å². The van der Waals surface area contributed by atoms with Gasteiger partial charge in [0.05, 0.1) is 18.7 Å². The standard InChI is InChI=1S/C21H18F2N2O3S/c1-11-4-7-14(8-5-11)25-12(2)17(19(26)20(27)28-3)18(24-21(25)29)15-9-6-13(22)10-16(15)23/h4-10,18H,1-3H3,(H,24,29)/t18-/m1/s1. The van der Waals surface area contributed by atoms with E-state index in [9.17, 15) is 18.4 Å². The third kappa shape index (κ3) is 3.88. The van der Waals surface area contributed by atoms with Crippen LogP contribution in [0.2, 0.25) is 0 Å². The SMILES string of the molecule is COC(=O)C(=O)C1=C(C)N(c2ccc(C)cc2)C(=S)N[C@@H]1c1ccc(F)cc1F. The van der Waals surface area contributed by atoms with Crippen molar-refractivity contribution >= 4 is 34.8 Å². The monoisotopic (exact) mass is 416 g/mol. The maximum atomic E-state index is 14.5. The zero-order valence-corrected chi connectivity index (χ0v) is 16.8. The Hall–Kier alpha value is -3.13. The van der Waals surface area contributed by atoms with E-state index in [0.717, 1.165) is 18.7 Å². The first-order chi connectivity index (χ1) is 13.7. The summed E-state index contributed by atoms with van der Waals surface area (Å²) in [7, 11) is 1.09. The summed E-state index contributed by atoms with van der Waals surface area (Å²) in [6.07, 6.45) is 0. The van der Waals surface area contributed by atoms with Crippen molar-refractivity contribution < 1.29 is 23.1 Å². The lowest BCUT2D eigenvalue weighted by atomic mass is 9.91. The van der Waals surface area contributed by atoms with Gasteiger partial charge in [0.25, 0.3) is 5.78 Å². The number of rotatable bonds is 4. The van der Waals surface area contributed by atoms with Crippen molar-refractivity contribution in [3.05, 3.63) is 76.5 Å². The number of halogens is 2. The second kappa shape index (κ2) is 8.08. The summed E-state index contributed by atoms with van der Waals surface area (Å²) >= 11 is 5.46. The summed E-state index contributed by atoms with van der Waals surface area (Å²) in [5.41, 5.74) is 2.00. The highest BCUT2D eigenvalue weighted by molar-refractivity contribution is 7.80. The molecule has 0 saturated carbocycles. The summed E-state index contributed by atoms with van der Waals surface area (Å²) in [5, 5.41) is 3.11. The first-order valence-corrected chi connectivity index (χ1v) is 9.11. The van der Waals surface area contributed by atoms with Gasteiger partial charge < -0.3 is 10.1 Å². The molecule has 150 valence electrons. The number of Topliss-reactive ketones (excluding diaryl/α,β-unsaturated/α-hetero) is 1. The first-order valence-electron chi connectivity index (χ1n) is 8.70. The average Bonchev–Trinajstić information content (AvgIpc) is 2.68. The minimum atomic E-state index is -1.09. The molecule has 0 radical (unpaired) electrons. The maximum Gasteiger partial charge on any atom is 0.379 e. The highest BCUT2D eigenvalue weighted by Crippen LogP contribution is 2.35. The second-order valence-electron chi connectivity index (χ2n) is 6.54. The Morgan fingerprint density at radius 3 is 2.34 bits per heavy atom. The number of esters is 1. The Labute approximate surface area is 172 Å². The van der Waals surface area contributed by atoms with Crippen LogP contribution in [0.15, 0.2) is 53.7 Å². The lowest BCUT2D eigenvalue weighted by Gasteiger charge is -2.37. The van der Waals surface area contributed by atoms with E-state index in [2.05, 4.69) is 10.1 Å². The molecule has 0 aliphatic carbocycles. The van der Waals surface area contributed by atoms with E-state index >= 15 is 0 Å². The summed E-state index contributed by atoms with van der Waals surface area (Å²) in [5.74, 6) is -3.65. The Morgan fingerprint density at radius 1 is 1.10 bits per heavy atom. The Morgan fingerprint density at radius 2 is 1.76 bits per heavy atom. The summed E-state index contributed by atoms with van der Waals surface area (Å²) in [6, 6.07) is 9.29. The Bertz CT molecular complexity index is 1030. The van der Waals surface area contributed by atoms with Crippen LogP contribution in [0.1, 0.15) is 24.1 Å². The van der Waals surface area contributed by atoms with Crippen molar-refractivity contribution in [2.45, 2.75) is 19.9 Å².